The highest BCUT2D eigenvalue weighted by atomic mass is 32.1. The van der Waals surface area contributed by atoms with Crippen LogP contribution in [0.25, 0.3) is 10.6 Å². The van der Waals surface area contributed by atoms with Crippen LogP contribution in [0.4, 0.5) is 5.13 Å². The molecule has 0 aliphatic carbocycles. The molecule has 2 fully saturated rings. The SMILES string of the molecule is O=C1NCC(=O)N2C[C@H](Nc3nnc(-c4ccccc4)s3)C[C@@H]12. The summed E-state index contributed by atoms with van der Waals surface area (Å²) in [5.74, 6) is -0.0997. The summed E-state index contributed by atoms with van der Waals surface area (Å²) >= 11 is 1.47. The zero-order chi connectivity index (χ0) is 15.8. The van der Waals surface area contributed by atoms with Crippen LogP contribution in [0.15, 0.2) is 30.3 Å². The van der Waals surface area contributed by atoms with Crippen molar-refractivity contribution in [3.8, 4) is 10.6 Å². The summed E-state index contributed by atoms with van der Waals surface area (Å²) in [6.07, 6.45) is 0.595. The quantitative estimate of drug-likeness (QED) is 0.866. The van der Waals surface area contributed by atoms with Gasteiger partial charge in [0.2, 0.25) is 16.9 Å². The van der Waals surface area contributed by atoms with Crippen LogP contribution in [0.2, 0.25) is 0 Å². The van der Waals surface area contributed by atoms with Gasteiger partial charge in [-0.25, -0.2) is 0 Å². The van der Waals surface area contributed by atoms with E-state index in [1.807, 2.05) is 30.3 Å². The van der Waals surface area contributed by atoms with Gasteiger partial charge in [0.25, 0.3) is 0 Å². The number of nitrogens with one attached hydrogen (secondary N) is 2. The van der Waals surface area contributed by atoms with Gasteiger partial charge < -0.3 is 15.5 Å². The third-order valence-corrected chi connectivity index (χ3v) is 5.01. The molecule has 2 N–H and O–H groups in total. The van der Waals surface area contributed by atoms with Gasteiger partial charge in [-0.3, -0.25) is 9.59 Å². The number of benzene rings is 1. The first-order chi connectivity index (χ1) is 11.2. The maximum atomic E-state index is 11.9. The summed E-state index contributed by atoms with van der Waals surface area (Å²) in [5.41, 5.74) is 1.02. The van der Waals surface area contributed by atoms with Crippen LogP contribution in [-0.4, -0.2) is 52.1 Å². The lowest BCUT2D eigenvalue weighted by atomic mass is 10.1. The van der Waals surface area contributed by atoms with E-state index in [4.69, 9.17) is 0 Å². The van der Waals surface area contributed by atoms with Crippen molar-refractivity contribution in [2.24, 2.45) is 0 Å². The number of amides is 2. The van der Waals surface area contributed by atoms with E-state index in [2.05, 4.69) is 20.8 Å². The molecule has 2 saturated heterocycles. The zero-order valence-corrected chi connectivity index (χ0v) is 13.0. The van der Waals surface area contributed by atoms with Crippen LogP contribution in [0.1, 0.15) is 6.42 Å². The number of aromatic nitrogens is 2. The van der Waals surface area contributed by atoms with Crippen molar-refractivity contribution in [1.29, 1.82) is 0 Å². The number of piperazine rings is 1. The lowest BCUT2D eigenvalue weighted by Crippen LogP contribution is -2.55. The topological polar surface area (TPSA) is 87.2 Å². The highest BCUT2D eigenvalue weighted by Crippen LogP contribution is 2.29. The van der Waals surface area contributed by atoms with Gasteiger partial charge in [0.05, 0.1) is 6.54 Å². The van der Waals surface area contributed by atoms with E-state index < -0.39 is 0 Å². The first kappa shape index (κ1) is 14.1. The van der Waals surface area contributed by atoms with E-state index in [0.717, 1.165) is 10.6 Å². The Morgan fingerprint density at radius 1 is 1.22 bits per heavy atom. The van der Waals surface area contributed by atoms with Gasteiger partial charge in [0.1, 0.15) is 11.0 Å². The van der Waals surface area contributed by atoms with Gasteiger partial charge in [-0.15, -0.1) is 10.2 Å². The van der Waals surface area contributed by atoms with Crippen LogP contribution in [0, 0.1) is 0 Å². The first-order valence-corrected chi connectivity index (χ1v) is 8.25. The highest BCUT2D eigenvalue weighted by molar-refractivity contribution is 7.18. The predicted octanol–water partition coefficient (Wildman–Crippen LogP) is 0.716. The predicted molar refractivity (Wildman–Crippen MR) is 85.9 cm³/mol. The third-order valence-electron chi connectivity index (χ3n) is 4.11. The Bertz CT molecular complexity index is 723. The smallest absolute Gasteiger partial charge is 0.243 e. The molecule has 2 aromatic rings. The second-order valence-electron chi connectivity index (χ2n) is 5.64. The Labute approximate surface area is 136 Å². The molecule has 3 heterocycles. The van der Waals surface area contributed by atoms with Crippen molar-refractivity contribution in [3.63, 3.8) is 0 Å². The summed E-state index contributed by atoms with van der Waals surface area (Å²) in [7, 11) is 0. The summed E-state index contributed by atoms with van der Waals surface area (Å²) in [4.78, 5) is 25.4. The van der Waals surface area contributed by atoms with E-state index in [9.17, 15) is 9.59 Å². The van der Waals surface area contributed by atoms with Crippen LogP contribution < -0.4 is 10.6 Å². The lowest BCUT2D eigenvalue weighted by molar-refractivity contribution is -0.143. The number of anilines is 1. The fourth-order valence-corrected chi connectivity index (χ4v) is 3.83. The molecule has 0 spiro atoms. The minimum atomic E-state index is -0.365. The fourth-order valence-electron chi connectivity index (χ4n) is 3.00. The van der Waals surface area contributed by atoms with Gasteiger partial charge in [0.15, 0.2) is 0 Å². The Hall–Kier alpha value is -2.48. The summed E-state index contributed by atoms with van der Waals surface area (Å²) < 4.78 is 0. The normalized spacial score (nSPS) is 23.6. The number of fused-ring (bicyclic) bond motifs is 1. The second kappa shape index (κ2) is 5.62. The molecule has 2 amide bonds. The Kier molecular flexibility index (Phi) is 3.45. The monoisotopic (exact) mass is 329 g/mol. The van der Waals surface area contributed by atoms with Gasteiger partial charge >= 0.3 is 0 Å². The molecule has 2 aliphatic heterocycles. The largest absolute Gasteiger partial charge is 0.355 e. The van der Waals surface area contributed by atoms with E-state index in [1.165, 1.54) is 11.3 Å². The van der Waals surface area contributed by atoms with Crippen molar-refractivity contribution >= 4 is 28.3 Å². The Morgan fingerprint density at radius 2 is 2.04 bits per heavy atom. The molecule has 1 aromatic carbocycles. The van der Waals surface area contributed by atoms with Crippen molar-refractivity contribution < 1.29 is 9.59 Å². The van der Waals surface area contributed by atoms with Gasteiger partial charge in [-0.1, -0.05) is 41.7 Å². The summed E-state index contributed by atoms with van der Waals surface area (Å²) in [5, 5.41) is 15.8. The van der Waals surface area contributed by atoms with E-state index in [1.54, 1.807) is 4.90 Å². The van der Waals surface area contributed by atoms with Crippen LogP contribution in [0.3, 0.4) is 0 Å². The standard InChI is InChI=1S/C15H15N5O2S/c21-12-7-16-13(22)11-6-10(8-20(11)12)17-15-19-18-14(23-15)9-4-2-1-3-5-9/h1-5,10-11H,6-8H2,(H,16,22)(H,17,19)/t10-,11+/m1/s1. The molecule has 4 rings (SSSR count). The zero-order valence-electron chi connectivity index (χ0n) is 12.2. The molecule has 0 saturated carbocycles. The number of carbonyl (C=O) groups excluding carboxylic acids is 2. The maximum absolute atomic E-state index is 11.9. The second-order valence-corrected chi connectivity index (χ2v) is 6.61. The molecule has 2 aliphatic rings. The maximum Gasteiger partial charge on any atom is 0.243 e. The van der Waals surface area contributed by atoms with Crippen LogP contribution >= 0.6 is 11.3 Å². The molecule has 2 atom stereocenters. The molecule has 0 bridgehead atoms. The van der Waals surface area contributed by atoms with Gasteiger partial charge in [-0.2, -0.15) is 0 Å². The van der Waals surface area contributed by atoms with Crippen molar-refractivity contribution in [2.75, 3.05) is 18.4 Å². The van der Waals surface area contributed by atoms with Crippen molar-refractivity contribution in [2.45, 2.75) is 18.5 Å². The van der Waals surface area contributed by atoms with E-state index in [0.29, 0.717) is 18.1 Å². The average Bonchev–Trinajstić information content (AvgIpc) is 3.20. The third kappa shape index (κ3) is 2.65. The summed E-state index contributed by atoms with van der Waals surface area (Å²) in [6, 6.07) is 9.51. The molecular formula is C15H15N5O2S. The highest BCUT2D eigenvalue weighted by Gasteiger charge is 2.42. The Morgan fingerprint density at radius 3 is 2.83 bits per heavy atom. The minimum absolute atomic E-state index is 0.0179. The molecule has 0 radical (unpaired) electrons. The van der Waals surface area contributed by atoms with E-state index in [-0.39, 0.29) is 30.4 Å². The minimum Gasteiger partial charge on any atom is -0.355 e. The van der Waals surface area contributed by atoms with Crippen molar-refractivity contribution in [1.82, 2.24) is 20.4 Å². The molecule has 23 heavy (non-hydrogen) atoms. The molecule has 1 aromatic heterocycles. The average molecular weight is 329 g/mol. The number of rotatable bonds is 3. The molecule has 7 nitrogen and oxygen atoms in total. The van der Waals surface area contributed by atoms with E-state index >= 15 is 0 Å². The molecule has 8 heteroatoms. The fraction of sp³-hybridized carbons (Fsp3) is 0.333. The van der Waals surface area contributed by atoms with Crippen LogP contribution in [-0.2, 0) is 9.59 Å². The van der Waals surface area contributed by atoms with Crippen molar-refractivity contribution in [3.05, 3.63) is 30.3 Å². The number of carbonyl (C=O) groups is 2. The molecule has 0 unspecified atom stereocenters. The summed E-state index contributed by atoms with van der Waals surface area (Å²) in [6.45, 7) is 0.621. The molecular weight excluding hydrogens is 314 g/mol. The first-order valence-electron chi connectivity index (χ1n) is 7.43. The number of hydrogen-bond donors (Lipinski definition) is 2. The van der Waals surface area contributed by atoms with Gasteiger partial charge in [0, 0.05) is 18.2 Å². The van der Waals surface area contributed by atoms with Gasteiger partial charge in [-0.05, 0) is 6.42 Å². The number of hydrogen-bond acceptors (Lipinski definition) is 6. The van der Waals surface area contributed by atoms with Crippen LogP contribution in [0.5, 0.6) is 0 Å². The molecule has 118 valence electrons. The lowest BCUT2D eigenvalue weighted by Gasteiger charge is -2.28. The number of nitrogens with zero attached hydrogens (tertiary/aromatic N) is 3. The Balaban J connectivity index is 1.46.